The van der Waals surface area contributed by atoms with Gasteiger partial charge in [0.05, 0.1) is 13.2 Å². The molecule has 0 amide bonds. The van der Waals surface area contributed by atoms with Crippen LogP contribution in [0, 0.1) is 11.3 Å². The van der Waals surface area contributed by atoms with Gasteiger partial charge in [-0.05, 0) is 16.3 Å². The minimum Gasteiger partial charge on any atom is -0.463 e. The van der Waals surface area contributed by atoms with Crippen LogP contribution in [0.2, 0.25) is 0 Å². The number of nitriles is 1. The first kappa shape index (κ1) is 12.8. The predicted octanol–water partition coefficient (Wildman–Crippen LogP) is 2.19. The maximum Gasteiger partial charge on any atom is 0.376 e. The van der Waals surface area contributed by atoms with Gasteiger partial charge in [0.25, 0.3) is 5.78 Å². The van der Waals surface area contributed by atoms with E-state index < -0.39 is 17.7 Å². The maximum atomic E-state index is 11.9. The second-order valence-corrected chi connectivity index (χ2v) is 3.99. The highest BCUT2D eigenvalue weighted by molar-refractivity contribution is 6.36. The fraction of sp³-hybridized carbons (Fsp3) is 0.133. The van der Waals surface area contributed by atoms with Gasteiger partial charge in [0.15, 0.2) is 0 Å². The molecule has 94 valence electrons. The van der Waals surface area contributed by atoms with Crippen molar-refractivity contribution in [2.45, 2.75) is 5.92 Å². The van der Waals surface area contributed by atoms with E-state index in [1.165, 1.54) is 0 Å². The summed E-state index contributed by atoms with van der Waals surface area (Å²) in [6.07, 6.45) is 0. The second-order valence-electron chi connectivity index (χ2n) is 3.99. The third-order valence-electron chi connectivity index (χ3n) is 2.91. The molecule has 0 fully saturated rings. The largest absolute Gasteiger partial charge is 0.463 e. The molecule has 19 heavy (non-hydrogen) atoms. The van der Waals surface area contributed by atoms with Gasteiger partial charge < -0.3 is 4.74 Å². The Morgan fingerprint density at radius 1 is 1.16 bits per heavy atom. The number of nitrogens with zero attached hydrogens (tertiary/aromatic N) is 1. The highest BCUT2D eigenvalue weighted by Crippen LogP contribution is 2.26. The van der Waals surface area contributed by atoms with Crippen molar-refractivity contribution in [1.29, 1.82) is 5.26 Å². The van der Waals surface area contributed by atoms with Crippen molar-refractivity contribution in [1.82, 2.24) is 0 Å². The molecule has 2 aromatic carbocycles. The zero-order valence-electron chi connectivity index (χ0n) is 10.3. The lowest BCUT2D eigenvalue weighted by Gasteiger charge is -2.10. The molecule has 0 aliphatic heterocycles. The summed E-state index contributed by atoms with van der Waals surface area (Å²) >= 11 is 0. The monoisotopic (exact) mass is 253 g/mol. The number of esters is 1. The van der Waals surface area contributed by atoms with Crippen molar-refractivity contribution in [3.63, 3.8) is 0 Å². The first-order valence-corrected chi connectivity index (χ1v) is 5.68. The van der Waals surface area contributed by atoms with Gasteiger partial charge in [0.1, 0.15) is 5.92 Å². The summed E-state index contributed by atoms with van der Waals surface area (Å²) in [4.78, 5) is 23.2. The van der Waals surface area contributed by atoms with Gasteiger partial charge in [-0.15, -0.1) is 0 Å². The number of carbonyl (C=O) groups excluding carboxylic acids is 2. The highest BCUT2D eigenvalue weighted by Gasteiger charge is 2.28. The Morgan fingerprint density at radius 2 is 1.84 bits per heavy atom. The first-order chi connectivity index (χ1) is 9.19. The molecule has 0 heterocycles. The van der Waals surface area contributed by atoms with E-state index in [1.54, 1.807) is 12.1 Å². The number of ether oxygens (including phenoxy) is 1. The van der Waals surface area contributed by atoms with Crippen LogP contribution in [0.25, 0.3) is 10.8 Å². The molecule has 2 rings (SSSR count). The Balaban J connectivity index is 2.57. The average Bonchev–Trinajstić information content (AvgIpc) is 2.47. The van der Waals surface area contributed by atoms with Crippen molar-refractivity contribution in [3.8, 4) is 6.07 Å². The molecule has 0 radical (unpaired) electrons. The zero-order chi connectivity index (χ0) is 13.8. The van der Waals surface area contributed by atoms with E-state index in [4.69, 9.17) is 0 Å². The first-order valence-electron chi connectivity index (χ1n) is 5.68. The fourth-order valence-corrected chi connectivity index (χ4v) is 1.99. The topological polar surface area (TPSA) is 67.2 Å². The molecule has 0 aromatic heterocycles. The number of fused-ring (bicyclic) bond motifs is 1. The lowest BCUT2D eigenvalue weighted by Crippen LogP contribution is -2.22. The second kappa shape index (κ2) is 5.32. The highest BCUT2D eigenvalue weighted by atomic mass is 16.5. The quantitative estimate of drug-likeness (QED) is 0.621. The van der Waals surface area contributed by atoms with Crippen molar-refractivity contribution in [3.05, 3.63) is 48.0 Å². The average molecular weight is 253 g/mol. The van der Waals surface area contributed by atoms with E-state index in [2.05, 4.69) is 4.74 Å². The molecule has 0 spiro atoms. The summed E-state index contributed by atoms with van der Waals surface area (Å²) in [7, 11) is 1.12. The smallest absolute Gasteiger partial charge is 0.376 e. The Labute approximate surface area is 110 Å². The van der Waals surface area contributed by atoms with Crippen LogP contribution in [0.1, 0.15) is 11.5 Å². The number of hydrogen-bond acceptors (Lipinski definition) is 4. The summed E-state index contributed by atoms with van der Waals surface area (Å²) in [5.41, 5.74) is 0.524. The molecular formula is C15H11NO3. The SMILES string of the molecule is COC(=O)C(=O)C(C#N)c1cccc2ccccc12. The van der Waals surface area contributed by atoms with Crippen LogP contribution in [-0.2, 0) is 14.3 Å². The molecule has 0 aliphatic rings. The molecule has 2 aromatic rings. The Morgan fingerprint density at radius 3 is 2.53 bits per heavy atom. The van der Waals surface area contributed by atoms with E-state index in [0.29, 0.717) is 5.56 Å². The van der Waals surface area contributed by atoms with Gasteiger partial charge in [0, 0.05) is 0 Å². The third-order valence-corrected chi connectivity index (χ3v) is 2.91. The van der Waals surface area contributed by atoms with Crippen LogP contribution in [0.15, 0.2) is 42.5 Å². The summed E-state index contributed by atoms with van der Waals surface area (Å²) < 4.78 is 4.39. The summed E-state index contributed by atoms with van der Waals surface area (Å²) in [5.74, 6) is -2.99. The molecule has 0 bridgehead atoms. The van der Waals surface area contributed by atoms with E-state index in [1.807, 2.05) is 36.4 Å². The minimum atomic E-state index is -1.14. The van der Waals surface area contributed by atoms with Crippen molar-refractivity contribution < 1.29 is 14.3 Å². The van der Waals surface area contributed by atoms with Crippen LogP contribution < -0.4 is 0 Å². The number of ketones is 1. The Kier molecular flexibility index (Phi) is 3.58. The number of rotatable bonds is 3. The van der Waals surface area contributed by atoms with Crippen LogP contribution in [0.4, 0.5) is 0 Å². The summed E-state index contributed by atoms with van der Waals surface area (Å²) in [6, 6.07) is 14.6. The van der Waals surface area contributed by atoms with Crippen LogP contribution in [-0.4, -0.2) is 18.9 Å². The van der Waals surface area contributed by atoms with Crippen molar-refractivity contribution >= 4 is 22.5 Å². The van der Waals surface area contributed by atoms with Crippen molar-refractivity contribution in [2.75, 3.05) is 7.11 Å². The van der Waals surface area contributed by atoms with E-state index in [9.17, 15) is 14.9 Å². The third kappa shape index (κ3) is 2.31. The number of methoxy groups -OCH3 is 1. The molecular weight excluding hydrogens is 242 g/mol. The molecule has 0 saturated heterocycles. The number of Topliss-reactive ketones (excluding diaryl/α,β-unsaturated/α-hetero) is 1. The van der Waals surface area contributed by atoms with Gasteiger partial charge in [-0.1, -0.05) is 42.5 Å². The van der Waals surface area contributed by atoms with Crippen LogP contribution >= 0.6 is 0 Å². The standard InChI is InChI=1S/C15H11NO3/c1-19-15(18)14(17)13(9-16)12-8-4-6-10-5-2-3-7-11(10)12/h2-8,13H,1H3. The summed E-state index contributed by atoms with van der Waals surface area (Å²) in [6.45, 7) is 0. The zero-order valence-corrected chi connectivity index (χ0v) is 10.3. The van der Waals surface area contributed by atoms with E-state index in [-0.39, 0.29) is 0 Å². The Bertz CT molecular complexity index is 680. The van der Waals surface area contributed by atoms with Gasteiger partial charge in [-0.3, -0.25) is 4.79 Å². The molecule has 4 nitrogen and oxygen atoms in total. The van der Waals surface area contributed by atoms with E-state index in [0.717, 1.165) is 17.9 Å². The Hall–Kier alpha value is -2.67. The molecule has 1 unspecified atom stereocenters. The maximum absolute atomic E-state index is 11.9. The number of benzene rings is 2. The van der Waals surface area contributed by atoms with Crippen LogP contribution in [0.5, 0.6) is 0 Å². The normalized spacial score (nSPS) is 11.6. The molecule has 0 N–H and O–H groups in total. The summed E-state index contributed by atoms with van der Waals surface area (Å²) in [5, 5.41) is 10.9. The number of carbonyl (C=O) groups is 2. The van der Waals surface area contributed by atoms with Gasteiger partial charge in [0.2, 0.25) is 0 Å². The molecule has 4 heteroatoms. The minimum absolute atomic E-state index is 0.524. The lowest BCUT2D eigenvalue weighted by molar-refractivity contribution is -0.151. The predicted molar refractivity (Wildman–Crippen MR) is 69.3 cm³/mol. The van der Waals surface area contributed by atoms with Gasteiger partial charge in [-0.25, -0.2) is 4.79 Å². The molecule has 0 aliphatic carbocycles. The van der Waals surface area contributed by atoms with Gasteiger partial charge in [-0.2, -0.15) is 5.26 Å². The molecule has 1 atom stereocenters. The fourth-order valence-electron chi connectivity index (χ4n) is 1.99. The van der Waals surface area contributed by atoms with Crippen molar-refractivity contribution in [2.24, 2.45) is 0 Å². The van der Waals surface area contributed by atoms with Crippen LogP contribution in [0.3, 0.4) is 0 Å². The number of hydrogen-bond donors (Lipinski definition) is 0. The lowest BCUT2D eigenvalue weighted by atomic mass is 9.91. The van der Waals surface area contributed by atoms with Gasteiger partial charge >= 0.3 is 5.97 Å². The van der Waals surface area contributed by atoms with E-state index >= 15 is 0 Å². The molecule has 0 saturated carbocycles.